The number of aromatic nitrogens is 2. The van der Waals surface area contributed by atoms with Gasteiger partial charge in [-0.05, 0) is 28.8 Å². The summed E-state index contributed by atoms with van der Waals surface area (Å²) in [5.74, 6) is -0.356. The van der Waals surface area contributed by atoms with Crippen LogP contribution in [-0.4, -0.2) is 18.6 Å². The van der Waals surface area contributed by atoms with E-state index in [0.29, 0.717) is 23.1 Å². The maximum absolute atomic E-state index is 13.1. The van der Waals surface area contributed by atoms with Crippen LogP contribution in [-0.2, 0) is 22.9 Å². The molecule has 0 radical (unpaired) electrons. The van der Waals surface area contributed by atoms with Gasteiger partial charge in [0.25, 0.3) is 5.56 Å². The molecule has 1 aromatic heterocycles. The number of hydrogen-bond acceptors (Lipinski definition) is 4. The highest BCUT2D eigenvalue weighted by molar-refractivity contribution is 7.71. The molecule has 3 aromatic rings. The molecular weight excluding hydrogens is 343 g/mol. The molecule has 3 rings (SSSR count). The summed E-state index contributed by atoms with van der Waals surface area (Å²) >= 11 is 0. The lowest BCUT2D eigenvalue weighted by Gasteiger charge is -2.09. The van der Waals surface area contributed by atoms with Gasteiger partial charge in [0.1, 0.15) is 16.5 Å². The topological polar surface area (TPSA) is 79.9 Å². The Bertz CT molecular complexity index is 1000. The van der Waals surface area contributed by atoms with E-state index in [1.54, 1.807) is 42.6 Å². The van der Waals surface area contributed by atoms with Gasteiger partial charge >= 0.3 is 0 Å². The highest BCUT2D eigenvalue weighted by atomic mass is 32.2. The summed E-state index contributed by atoms with van der Waals surface area (Å²) < 4.78 is 34.7. The van der Waals surface area contributed by atoms with Crippen molar-refractivity contribution in [2.75, 3.05) is 0 Å². The zero-order valence-electron chi connectivity index (χ0n) is 13.1. The Hall–Kier alpha value is -2.80. The van der Waals surface area contributed by atoms with Crippen molar-refractivity contribution in [1.29, 1.82) is 0 Å². The second-order valence-electron chi connectivity index (χ2n) is 5.58. The fourth-order valence-corrected chi connectivity index (χ4v) is 3.10. The molecule has 25 heavy (non-hydrogen) atoms. The molecule has 1 N–H and O–H groups in total. The number of H-pyrrole nitrogens is 1. The summed E-state index contributed by atoms with van der Waals surface area (Å²) in [5.41, 5.74) is 3.11. The second-order valence-corrected chi connectivity index (χ2v) is 6.56. The Morgan fingerprint density at radius 3 is 2.24 bits per heavy atom. The van der Waals surface area contributed by atoms with Crippen molar-refractivity contribution in [3.63, 3.8) is 0 Å². The molecule has 1 heterocycles. The van der Waals surface area contributed by atoms with E-state index in [0.717, 1.165) is 11.1 Å². The average Bonchev–Trinajstić information content (AvgIpc) is 2.59. The molecule has 0 spiro atoms. The summed E-state index contributed by atoms with van der Waals surface area (Å²) in [4.78, 5) is 12.2. The molecule has 2 aromatic carbocycles. The number of hydrogen-bond donors (Lipinski definition) is 2. The van der Waals surface area contributed by atoms with Gasteiger partial charge in [-0.1, -0.05) is 36.4 Å². The van der Waals surface area contributed by atoms with E-state index in [1.807, 2.05) is 0 Å². The maximum atomic E-state index is 13.1. The van der Waals surface area contributed by atoms with Crippen LogP contribution in [0.2, 0.25) is 0 Å². The van der Waals surface area contributed by atoms with Crippen LogP contribution >= 0.6 is 0 Å². The van der Waals surface area contributed by atoms with Gasteiger partial charge in [-0.2, -0.15) is 5.10 Å². The number of thiol groups is 1. The standard InChI is InChI=1S/C18H15FN2O3S/c19-15-7-3-12(4-8-15)9-16-17(10-20-21-18(16)22)14-5-1-13(2-6-14)11-25(23)24/h1-8,10,25H,9,11H2,(H,21,22). The van der Waals surface area contributed by atoms with Crippen LogP contribution in [0.5, 0.6) is 0 Å². The molecule has 0 aliphatic heterocycles. The number of halogens is 1. The quantitative estimate of drug-likeness (QED) is 0.686. The lowest BCUT2D eigenvalue weighted by Crippen LogP contribution is -2.16. The minimum absolute atomic E-state index is 0.0221. The Kier molecular flexibility index (Phi) is 5.04. The summed E-state index contributed by atoms with van der Waals surface area (Å²) in [5, 5.41) is 6.27. The first-order valence-electron chi connectivity index (χ1n) is 7.55. The molecular formula is C18H15FN2O3S. The van der Waals surface area contributed by atoms with Crippen molar-refractivity contribution in [3.8, 4) is 11.1 Å². The van der Waals surface area contributed by atoms with Crippen molar-refractivity contribution in [1.82, 2.24) is 10.2 Å². The van der Waals surface area contributed by atoms with E-state index in [4.69, 9.17) is 0 Å². The fourth-order valence-electron chi connectivity index (χ4n) is 2.59. The molecule has 0 amide bonds. The molecule has 0 aliphatic carbocycles. The van der Waals surface area contributed by atoms with E-state index >= 15 is 0 Å². The van der Waals surface area contributed by atoms with Crippen LogP contribution in [0.1, 0.15) is 16.7 Å². The van der Waals surface area contributed by atoms with E-state index < -0.39 is 10.7 Å². The number of benzene rings is 2. The van der Waals surface area contributed by atoms with Crippen LogP contribution in [0.15, 0.2) is 59.5 Å². The summed E-state index contributed by atoms with van der Waals surface area (Å²) in [6.45, 7) is 0. The normalized spacial score (nSPS) is 11.0. The van der Waals surface area contributed by atoms with Crippen LogP contribution in [0.3, 0.4) is 0 Å². The molecule has 0 atom stereocenters. The van der Waals surface area contributed by atoms with Gasteiger partial charge in [0.05, 0.1) is 11.9 Å². The Morgan fingerprint density at radius 2 is 1.60 bits per heavy atom. The third-order valence-electron chi connectivity index (χ3n) is 3.83. The van der Waals surface area contributed by atoms with Crippen LogP contribution < -0.4 is 5.56 Å². The fraction of sp³-hybridized carbons (Fsp3) is 0.111. The first kappa shape index (κ1) is 17.0. The van der Waals surface area contributed by atoms with Gasteiger partial charge in [0.2, 0.25) is 0 Å². The predicted octanol–water partition coefficient (Wildman–Crippen LogP) is 2.28. The van der Waals surface area contributed by atoms with Gasteiger partial charge in [-0.3, -0.25) is 4.79 Å². The van der Waals surface area contributed by atoms with Gasteiger partial charge in [-0.25, -0.2) is 17.9 Å². The highest BCUT2D eigenvalue weighted by Crippen LogP contribution is 2.23. The van der Waals surface area contributed by atoms with Crippen molar-refractivity contribution < 1.29 is 12.8 Å². The van der Waals surface area contributed by atoms with Gasteiger partial charge in [0, 0.05) is 17.5 Å². The van der Waals surface area contributed by atoms with Gasteiger partial charge < -0.3 is 0 Å². The summed E-state index contributed by atoms with van der Waals surface area (Å²) in [7, 11) is -2.49. The van der Waals surface area contributed by atoms with Crippen LogP contribution in [0, 0.1) is 5.82 Å². The van der Waals surface area contributed by atoms with Crippen molar-refractivity contribution in [3.05, 3.63) is 87.6 Å². The third kappa shape index (κ3) is 4.19. The summed E-state index contributed by atoms with van der Waals surface area (Å²) in [6.07, 6.45) is 1.89. The van der Waals surface area contributed by atoms with E-state index in [9.17, 15) is 17.6 Å². The molecule has 0 bridgehead atoms. The zero-order chi connectivity index (χ0) is 17.8. The lowest BCUT2D eigenvalue weighted by atomic mass is 9.97. The van der Waals surface area contributed by atoms with E-state index in [2.05, 4.69) is 10.2 Å². The Morgan fingerprint density at radius 1 is 0.960 bits per heavy atom. The first-order valence-corrected chi connectivity index (χ1v) is 8.91. The van der Waals surface area contributed by atoms with Crippen molar-refractivity contribution in [2.24, 2.45) is 0 Å². The second kappa shape index (κ2) is 7.40. The first-order chi connectivity index (χ1) is 12.0. The lowest BCUT2D eigenvalue weighted by molar-refractivity contribution is 0.614. The van der Waals surface area contributed by atoms with Crippen molar-refractivity contribution >= 4 is 10.7 Å². The van der Waals surface area contributed by atoms with Crippen LogP contribution in [0.4, 0.5) is 4.39 Å². The molecule has 7 heteroatoms. The molecule has 0 saturated heterocycles. The van der Waals surface area contributed by atoms with Crippen molar-refractivity contribution in [2.45, 2.75) is 12.2 Å². The van der Waals surface area contributed by atoms with E-state index in [1.165, 1.54) is 12.1 Å². The zero-order valence-corrected chi connectivity index (χ0v) is 14.0. The number of rotatable bonds is 5. The van der Waals surface area contributed by atoms with Gasteiger partial charge in [0.15, 0.2) is 0 Å². The predicted molar refractivity (Wildman–Crippen MR) is 93.5 cm³/mol. The molecule has 0 fully saturated rings. The molecule has 0 unspecified atom stereocenters. The Labute approximate surface area is 145 Å². The van der Waals surface area contributed by atoms with Gasteiger partial charge in [-0.15, -0.1) is 0 Å². The number of nitrogens with zero attached hydrogens (tertiary/aromatic N) is 1. The Balaban J connectivity index is 1.98. The third-order valence-corrected chi connectivity index (χ3v) is 4.45. The SMILES string of the molecule is O=c1[nH]ncc(-c2ccc(C[SH](=O)=O)cc2)c1Cc1ccc(F)cc1. The molecule has 0 saturated carbocycles. The van der Waals surface area contributed by atoms with Crippen LogP contribution in [0.25, 0.3) is 11.1 Å². The summed E-state index contributed by atoms with van der Waals surface area (Å²) in [6, 6.07) is 12.9. The number of aromatic amines is 1. The molecule has 0 aliphatic rings. The maximum Gasteiger partial charge on any atom is 0.268 e. The largest absolute Gasteiger partial charge is 0.268 e. The molecule has 128 valence electrons. The molecule has 5 nitrogen and oxygen atoms in total. The van der Waals surface area contributed by atoms with E-state index in [-0.39, 0.29) is 17.1 Å². The highest BCUT2D eigenvalue weighted by Gasteiger charge is 2.11. The number of nitrogens with one attached hydrogen (secondary N) is 1. The monoisotopic (exact) mass is 358 g/mol. The average molecular weight is 358 g/mol. The minimum atomic E-state index is -2.49. The minimum Gasteiger partial charge on any atom is -0.268 e. The smallest absolute Gasteiger partial charge is 0.268 e.